The van der Waals surface area contributed by atoms with E-state index < -0.39 is 5.41 Å². The molecule has 2 N–H and O–H groups in total. The first kappa shape index (κ1) is 14.6. The van der Waals surface area contributed by atoms with Gasteiger partial charge in [0.1, 0.15) is 6.07 Å². The molecule has 0 saturated heterocycles. The first-order chi connectivity index (χ1) is 10.5. The molecule has 0 bridgehead atoms. The van der Waals surface area contributed by atoms with Crippen LogP contribution in [0.15, 0.2) is 36.7 Å². The van der Waals surface area contributed by atoms with Crippen LogP contribution in [0.1, 0.15) is 24.0 Å². The van der Waals surface area contributed by atoms with Gasteiger partial charge in [-0.2, -0.15) is 5.26 Å². The third kappa shape index (κ3) is 2.68. The zero-order chi connectivity index (χ0) is 15.7. The molecule has 4 nitrogen and oxygen atoms in total. The van der Waals surface area contributed by atoms with Crippen LogP contribution in [0.4, 0.5) is 0 Å². The molecule has 1 aliphatic carbocycles. The number of aromatic nitrogens is 1. The van der Waals surface area contributed by atoms with Gasteiger partial charge in [0.05, 0.1) is 16.0 Å². The fourth-order valence-electron chi connectivity index (χ4n) is 2.40. The molecule has 1 amide bonds. The SMILES string of the molecule is N#Cc1ccc(-c2cncc([CH]C3(C(N)=O)CC3)c2)cc1Cl. The molecule has 1 fully saturated rings. The van der Waals surface area contributed by atoms with Crippen LogP contribution in [-0.2, 0) is 4.79 Å². The lowest BCUT2D eigenvalue weighted by Gasteiger charge is -2.11. The lowest BCUT2D eigenvalue weighted by molar-refractivity contribution is -0.121. The van der Waals surface area contributed by atoms with Crippen molar-refractivity contribution in [3.8, 4) is 17.2 Å². The molecule has 1 aromatic carbocycles. The van der Waals surface area contributed by atoms with E-state index in [-0.39, 0.29) is 5.91 Å². The molecular formula is C17H13ClN3O. The summed E-state index contributed by atoms with van der Waals surface area (Å²) in [7, 11) is 0. The number of carbonyl (C=O) groups is 1. The third-order valence-electron chi connectivity index (χ3n) is 3.90. The van der Waals surface area contributed by atoms with E-state index in [1.54, 1.807) is 24.5 Å². The summed E-state index contributed by atoms with van der Waals surface area (Å²) in [6.45, 7) is 0. The van der Waals surface area contributed by atoms with Gasteiger partial charge in [0.2, 0.25) is 5.91 Å². The predicted molar refractivity (Wildman–Crippen MR) is 83.7 cm³/mol. The smallest absolute Gasteiger partial charge is 0.224 e. The Kier molecular flexibility index (Phi) is 3.59. The minimum atomic E-state index is -0.511. The molecule has 1 saturated carbocycles. The van der Waals surface area contributed by atoms with Crippen LogP contribution in [0.3, 0.4) is 0 Å². The first-order valence-electron chi connectivity index (χ1n) is 6.85. The summed E-state index contributed by atoms with van der Waals surface area (Å²) in [6, 6.07) is 9.21. The van der Waals surface area contributed by atoms with Crippen molar-refractivity contribution in [1.82, 2.24) is 4.98 Å². The van der Waals surface area contributed by atoms with Gasteiger partial charge in [-0.1, -0.05) is 17.7 Å². The first-order valence-corrected chi connectivity index (χ1v) is 7.23. The van der Waals surface area contributed by atoms with Gasteiger partial charge in [-0.3, -0.25) is 9.78 Å². The molecule has 5 heteroatoms. The van der Waals surface area contributed by atoms with Crippen molar-refractivity contribution < 1.29 is 4.79 Å². The summed E-state index contributed by atoms with van der Waals surface area (Å²) in [6.07, 6.45) is 6.89. The highest BCUT2D eigenvalue weighted by atomic mass is 35.5. The molecule has 22 heavy (non-hydrogen) atoms. The van der Waals surface area contributed by atoms with Crippen LogP contribution in [0.5, 0.6) is 0 Å². The van der Waals surface area contributed by atoms with Gasteiger partial charge >= 0.3 is 0 Å². The summed E-state index contributed by atoms with van der Waals surface area (Å²) < 4.78 is 0. The van der Waals surface area contributed by atoms with Gasteiger partial charge in [0.25, 0.3) is 0 Å². The van der Waals surface area contributed by atoms with Gasteiger partial charge in [-0.15, -0.1) is 0 Å². The van der Waals surface area contributed by atoms with Crippen LogP contribution in [0.25, 0.3) is 11.1 Å². The molecule has 0 spiro atoms. The standard InChI is InChI=1S/C17H13ClN3O/c18-15-6-12(1-2-13(15)8-19)14-5-11(9-21-10-14)7-17(3-4-17)16(20)22/h1-2,5-7,9-10H,3-4H2,(H2,20,22). The van der Waals surface area contributed by atoms with Crippen molar-refractivity contribution in [2.45, 2.75) is 12.8 Å². The van der Waals surface area contributed by atoms with Crippen molar-refractivity contribution in [3.63, 3.8) is 0 Å². The number of nitrogens with two attached hydrogens (primary N) is 1. The van der Waals surface area contributed by atoms with E-state index >= 15 is 0 Å². The maximum atomic E-state index is 11.5. The monoisotopic (exact) mass is 310 g/mol. The van der Waals surface area contributed by atoms with Crippen molar-refractivity contribution in [3.05, 3.63) is 59.2 Å². The highest BCUT2D eigenvalue weighted by Gasteiger charge is 2.48. The Morgan fingerprint density at radius 2 is 2.09 bits per heavy atom. The lowest BCUT2D eigenvalue weighted by atomic mass is 9.95. The number of hydrogen-bond donors (Lipinski definition) is 1. The van der Waals surface area contributed by atoms with Gasteiger partial charge in [-0.25, -0.2) is 0 Å². The Morgan fingerprint density at radius 1 is 1.32 bits per heavy atom. The molecule has 3 rings (SSSR count). The third-order valence-corrected chi connectivity index (χ3v) is 4.22. The number of primary amides is 1. The quantitative estimate of drug-likeness (QED) is 0.942. The fraction of sp³-hybridized carbons (Fsp3) is 0.176. The van der Waals surface area contributed by atoms with E-state index in [9.17, 15) is 4.79 Å². The Morgan fingerprint density at radius 3 is 2.68 bits per heavy atom. The normalized spacial score (nSPS) is 15.1. The maximum absolute atomic E-state index is 11.5. The van der Waals surface area contributed by atoms with E-state index in [0.717, 1.165) is 29.5 Å². The minimum absolute atomic E-state index is 0.292. The molecule has 1 aliphatic rings. The summed E-state index contributed by atoms with van der Waals surface area (Å²) in [5, 5.41) is 9.32. The van der Waals surface area contributed by atoms with E-state index in [1.807, 2.05) is 24.6 Å². The number of hydrogen-bond acceptors (Lipinski definition) is 3. The number of pyridine rings is 1. The second-order valence-electron chi connectivity index (χ2n) is 5.48. The summed E-state index contributed by atoms with van der Waals surface area (Å²) in [5.74, 6) is -0.292. The maximum Gasteiger partial charge on any atom is 0.224 e. The topological polar surface area (TPSA) is 79.8 Å². The minimum Gasteiger partial charge on any atom is -0.369 e. The largest absolute Gasteiger partial charge is 0.369 e. The number of halogens is 1. The fourth-order valence-corrected chi connectivity index (χ4v) is 2.62. The second-order valence-corrected chi connectivity index (χ2v) is 5.89. The zero-order valence-electron chi connectivity index (χ0n) is 11.7. The van der Waals surface area contributed by atoms with Gasteiger partial charge in [-0.05, 0) is 42.2 Å². The van der Waals surface area contributed by atoms with E-state index in [2.05, 4.69) is 4.98 Å². The van der Waals surface area contributed by atoms with Crippen LogP contribution in [-0.4, -0.2) is 10.9 Å². The summed E-state index contributed by atoms with van der Waals surface area (Å²) >= 11 is 6.07. The number of benzene rings is 1. The molecule has 1 aromatic heterocycles. The highest BCUT2D eigenvalue weighted by molar-refractivity contribution is 6.32. The van der Waals surface area contributed by atoms with Gasteiger partial charge in [0, 0.05) is 24.4 Å². The van der Waals surface area contributed by atoms with Crippen LogP contribution in [0.2, 0.25) is 5.02 Å². The molecule has 1 heterocycles. The van der Waals surface area contributed by atoms with Crippen molar-refractivity contribution in [2.24, 2.45) is 11.1 Å². The van der Waals surface area contributed by atoms with E-state index in [4.69, 9.17) is 22.6 Å². The molecule has 1 radical (unpaired) electrons. The zero-order valence-corrected chi connectivity index (χ0v) is 12.5. The Labute approximate surface area is 133 Å². The van der Waals surface area contributed by atoms with Crippen LogP contribution >= 0.6 is 11.6 Å². The molecular weight excluding hydrogens is 298 g/mol. The lowest BCUT2D eigenvalue weighted by Crippen LogP contribution is -2.25. The van der Waals surface area contributed by atoms with Gasteiger partial charge in [0.15, 0.2) is 0 Å². The number of nitrogens with zero attached hydrogens (tertiary/aromatic N) is 2. The van der Waals surface area contributed by atoms with Gasteiger partial charge < -0.3 is 5.73 Å². The van der Waals surface area contributed by atoms with Crippen LogP contribution < -0.4 is 5.73 Å². The van der Waals surface area contributed by atoms with Crippen LogP contribution in [0, 0.1) is 23.2 Å². The average molecular weight is 311 g/mol. The molecule has 2 aromatic rings. The Balaban J connectivity index is 1.90. The molecule has 109 valence electrons. The van der Waals surface area contributed by atoms with Crippen molar-refractivity contribution in [2.75, 3.05) is 0 Å². The number of rotatable bonds is 4. The van der Waals surface area contributed by atoms with Crippen molar-refractivity contribution in [1.29, 1.82) is 5.26 Å². The second kappa shape index (κ2) is 5.43. The predicted octanol–water partition coefficient (Wildman–Crippen LogP) is 3.09. The Bertz CT molecular complexity index is 791. The molecule has 0 atom stereocenters. The number of nitriles is 1. The van der Waals surface area contributed by atoms with E-state index in [0.29, 0.717) is 10.6 Å². The molecule has 0 aliphatic heterocycles. The molecule has 0 unspecified atom stereocenters. The highest BCUT2D eigenvalue weighted by Crippen LogP contribution is 2.49. The number of carbonyl (C=O) groups excluding carboxylic acids is 1. The van der Waals surface area contributed by atoms with Crippen molar-refractivity contribution >= 4 is 17.5 Å². The summed E-state index contributed by atoms with van der Waals surface area (Å²) in [4.78, 5) is 15.7. The Hall–Kier alpha value is -2.38. The average Bonchev–Trinajstić information content (AvgIpc) is 3.28. The summed E-state index contributed by atoms with van der Waals surface area (Å²) in [5.41, 5.74) is 7.97. The van der Waals surface area contributed by atoms with E-state index in [1.165, 1.54) is 0 Å². The number of amides is 1.